The van der Waals surface area contributed by atoms with Gasteiger partial charge in [0.15, 0.2) is 5.43 Å². The molecule has 6 heteroatoms. The SMILES string of the molecule is COc1cc(SC)ccc1NC(=O)c1c[nH]cc(C)c1=O. The maximum atomic E-state index is 12.2. The van der Waals surface area contributed by atoms with Crippen molar-refractivity contribution in [3.05, 3.63) is 51.9 Å². The molecule has 0 fully saturated rings. The Kier molecular flexibility index (Phi) is 4.70. The molecule has 2 aromatic rings. The van der Waals surface area contributed by atoms with Crippen LogP contribution < -0.4 is 15.5 Å². The van der Waals surface area contributed by atoms with Crippen molar-refractivity contribution < 1.29 is 9.53 Å². The van der Waals surface area contributed by atoms with Crippen molar-refractivity contribution in [2.24, 2.45) is 0 Å². The molecule has 0 radical (unpaired) electrons. The van der Waals surface area contributed by atoms with Gasteiger partial charge >= 0.3 is 0 Å². The second-order valence-electron chi connectivity index (χ2n) is 4.40. The Bertz CT molecular complexity index is 725. The number of methoxy groups -OCH3 is 1. The van der Waals surface area contributed by atoms with Crippen molar-refractivity contribution in [2.75, 3.05) is 18.7 Å². The highest BCUT2D eigenvalue weighted by atomic mass is 32.2. The topological polar surface area (TPSA) is 71.2 Å². The lowest BCUT2D eigenvalue weighted by molar-refractivity contribution is 0.102. The fraction of sp³-hybridized carbons (Fsp3) is 0.200. The molecule has 1 aromatic heterocycles. The molecule has 0 saturated heterocycles. The number of carbonyl (C=O) groups is 1. The highest BCUT2D eigenvalue weighted by Crippen LogP contribution is 2.29. The predicted octanol–water partition coefficient (Wildman–Crippen LogP) is 2.67. The van der Waals surface area contributed by atoms with Crippen LogP contribution in [0.25, 0.3) is 0 Å². The Balaban J connectivity index is 2.31. The maximum absolute atomic E-state index is 12.2. The van der Waals surface area contributed by atoms with Crippen LogP contribution in [0.5, 0.6) is 5.75 Å². The van der Waals surface area contributed by atoms with E-state index in [1.54, 1.807) is 30.9 Å². The molecule has 2 rings (SSSR count). The number of anilines is 1. The smallest absolute Gasteiger partial charge is 0.261 e. The highest BCUT2D eigenvalue weighted by molar-refractivity contribution is 7.98. The number of aryl methyl sites for hydroxylation is 1. The number of amides is 1. The minimum atomic E-state index is -0.463. The van der Waals surface area contributed by atoms with Crippen molar-refractivity contribution >= 4 is 23.4 Å². The number of hydrogen-bond acceptors (Lipinski definition) is 4. The van der Waals surface area contributed by atoms with E-state index in [0.717, 1.165) is 4.90 Å². The second-order valence-corrected chi connectivity index (χ2v) is 5.28. The Labute approximate surface area is 126 Å². The van der Waals surface area contributed by atoms with E-state index < -0.39 is 5.91 Å². The second kappa shape index (κ2) is 6.49. The molecule has 0 unspecified atom stereocenters. The van der Waals surface area contributed by atoms with Gasteiger partial charge in [-0.1, -0.05) is 0 Å². The highest BCUT2D eigenvalue weighted by Gasteiger charge is 2.14. The summed E-state index contributed by atoms with van der Waals surface area (Å²) in [5.74, 6) is 0.0921. The molecule has 2 N–H and O–H groups in total. The zero-order valence-electron chi connectivity index (χ0n) is 12.0. The van der Waals surface area contributed by atoms with Crippen LogP contribution in [0.15, 0.2) is 40.3 Å². The summed E-state index contributed by atoms with van der Waals surface area (Å²) in [6.45, 7) is 1.66. The van der Waals surface area contributed by atoms with E-state index in [1.807, 2.05) is 18.4 Å². The van der Waals surface area contributed by atoms with Gasteiger partial charge in [0.05, 0.1) is 12.8 Å². The Hall–Kier alpha value is -2.21. The molecule has 0 aliphatic rings. The first-order valence-corrected chi connectivity index (χ1v) is 7.50. The van der Waals surface area contributed by atoms with Crippen LogP contribution >= 0.6 is 11.8 Å². The lowest BCUT2D eigenvalue weighted by Gasteiger charge is -2.11. The van der Waals surface area contributed by atoms with Crippen LogP contribution in [0.1, 0.15) is 15.9 Å². The summed E-state index contributed by atoms with van der Waals surface area (Å²) in [6, 6.07) is 5.47. The molecule has 110 valence electrons. The molecule has 0 bridgehead atoms. The summed E-state index contributed by atoms with van der Waals surface area (Å²) in [6.07, 6.45) is 4.92. The van der Waals surface area contributed by atoms with Crippen molar-refractivity contribution in [1.82, 2.24) is 4.98 Å². The molecular formula is C15H16N2O3S. The van der Waals surface area contributed by atoms with E-state index in [2.05, 4.69) is 10.3 Å². The number of H-pyrrole nitrogens is 1. The average Bonchev–Trinajstić information content (AvgIpc) is 2.50. The number of carbonyl (C=O) groups excluding carboxylic acids is 1. The minimum absolute atomic E-state index is 0.0750. The molecule has 0 atom stereocenters. The van der Waals surface area contributed by atoms with Crippen molar-refractivity contribution in [3.8, 4) is 5.75 Å². The van der Waals surface area contributed by atoms with E-state index in [1.165, 1.54) is 13.3 Å². The first-order chi connectivity index (χ1) is 10.1. The molecule has 21 heavy (non-hydrogen) atoms. The van der Waals surface area contributed by atoms with Crippen LogP contribution in [0, 0.1) is 6.92 Å². The quantitative estimate of drug-likeness (QED) is 0.852. The third-order valence-corrected chi connectivity index (χ3v) is 3.76. The summed E-state index contributed by atoms with van der Waals surface area (Å²) in [4.78, 5) is 28.0. The maximum Gasteiger partial charge on any atom is 0.261 e. The van der Waals surface area contributed by atoms with Crippen molar-refractivity contribution in [2.45, 2.75) is 11.8 Å². The van der Waals surface area contributed by atoms with E-state index in [-0.39, 0.29) is 11.0 Å². The number of aromatic nitrogens is 1. The molecule has 0 saturated carbocycles. The monoisotopic (exact) mass is 304 g/mol. The molecular weight excluding hydrogens is 288 g/mol. The zero-order valence-corrected chi connectivity index (χ0v) is 12.8. The van der Waals surface area contributed by atoms with Crippen molar-refractivity contribution in [3.63, 3.8) is 0 Å². The fourth-order valence-electron chi connectivity index (χ4n) is 1.85. The number of hydrogen-bond donors (Lipinski definition) is 2. The number of nitrogens with one attached hydrogen (secondary N) is 2. The minimum Gasteiger partial charge on any atom is -0.495 e. The first-order valence-electron chi connectivity index (χ1n) is 6.28. The number of rotatable bonds is 4. The molecule has 1 amide bonds. The van der Waals surface area contributed by atoms with Crippen LogP contribution in [-0.4, -0.2) is 24.3 Å². The van der Waals surface area contributed by atoms with Gasteiger partial charge in [-0.25, -0.2) is 0 Å². The summed E-state index contributed by atoms with van der Waals surface area (Å²) >= 11 is 1.58. The summed E-state index contributed by atoms with van der Waals surface area (Å²) < 4.78 is 5.26. The number of aromatic amines is 1. The van der Waals surface area contributed by atoms with Gasteiger partial charge in [0.1, 0.15) is 11.3 Å². The van der Waals surface area contributed by atoms with Gasteiger partial charge in [-0.05, 0) is 31.4 Å². The van der Waals surface area contributed by atoms with Crippen LogP contribution in [0.2, 0.25) is 0 Å². The molecule has 0 aliphatic carbocycles. The van der Waals surface area contributed by atoms with Crippen LogP contribution in [0.3, 0.4) is 0 Å². The lowest BCUT2D eigenvalue weighted by atomic mass is 10.2. The number of benzene rings is 1. The Morgan fingerprint density at radius 1 is 1.33 bits per heavy atom. The fourth-order valence-corrected chi connectivity index (χ4v) is 2.28. The van der Waals surface area contributed by atoms with Gasteiger partial charge in [0, 0.05) is 22.9 Å². The zero-order chi connectivity index (χ0) is 15.4. The Morgan fingerprint density at radius 2 is 2.10 bits per heavy atom. The predicted molar refractivity (Wildman–Crippen MR) is 84.5 cm³/mol. The Morgan fingerprint density at radius 3 is 2.76 bits per heavy atom. The third-order valence-electron chi connectivity index (χ3n) is 3.03. The van der Waals surface area contributed by atoms with Gasteiger partial charge in [0.2, 0.25) is 0 Å². The van der Waals surface area contributed by atoms with E-state index in [4.69, 9.17) is 4.74 Å². The number of pyridine rings is 1. The van der Waals surface area contributed by atoms with Gasteiger partial charge in [-0.2, -0.15) is 0 Å². The molecule has 0 aliphatic heterocycles. The van der Waals surface area contributed by atoms with Gasteiger partial charge in [-0.3, -0.25) is 9.59 Å². The van der Waals surface area contributed by atoms with E-state index >= 15 is 0 Å². The molecule has 1 heterocycles. The third kappa shape index (κ3) is 3.28. The van der Waals surface area contributed by atoms with Gasteiger partial charge < -0.3 is 15.0 Å². The van der Waals surface area contributed by atoms with Gasteiger partial charge in [0.25, 0.3) is 5.91 Å². The largest absolute Gasteiger partial charge is 0.495 e. The standard InChI is InChI=1S/C15H16N2O3S/c1-9-7-16-8-11(14(9)18)15(19)17-12-5-4-10(21-3)6-13(12)20-2/h4-8H,1-3H3,(H,16,18)(H,17,19). The summed E-state index contributed by atoms with van der Waals surface area (Å²) in [7, 11) is 1.54. The average molecular weight is 304 g/mol. The van der Waals surface area contributed by atoms with Crippen LogP contribution in [-0.2, 0) is 0 Å². The van der Waals surface area contributed by atoms with Crippen LogP contribution in [0.4, 0.5) is 5.69 Å². The summed E-state index contributed by atoms with van der Waals surface area (Å²) in [5.41, 5.74) is 0.811. The number of ether oxygens (including phenoxy) is 1. The van der Waals surface area contributed by atoms with Gasteiger partial charge in [-0.15, -0.1) is 11.8 Å². The molecule has 1 aromatic carbocycles. The van der Waals surface area contributed by atoms with E-state index in [9.17, 15) is 9.59 Å². The number of thioether (sulfide) groups is 1. The molecule has 5 nitrogen and oxygen atoms in total. The normalized spacial score (nSPS) is 10.2. The molecule has 0 spiro atoms. The van der Waals surface area contributed by atoms with E-state index in [0.29, 0.717) is 17.0 Å². The first kappa shape index (κ1) is 15.2. The lowest BCUT2D eigenvalue weighted by Crippen LogP contribution is -2.23. The van der Waals surface area contributed by atoms with Crippen molar-refractivity contribution in [1.29, 1.82) is 0 Å². The summed E-state index contributed by atoms with van der Waals surface area (Å²) in [5, 5.41) is 2.70.